The van der Waals surface area contributed by atoms with Crippen LogP contribution in [-0.2, 0) is 4.79 Å². The molecule has 0 aromatic rings. The summed E-state index contributed by atoms with van der Waals surface area (Å²) in [4.78, 5) is 15.8. The van der Waals surface area contributed by atoms with Crippen LogP contribution < -0.4 is 5.73 Å². The van der Waals surface area contributed by atoms with E-state index in [4.69, 9.17) is 5.73 Å². The molecule has 0 spiro atoms. The van der Waals surface area contributed by atoms with Gasteiger partial charge >= 0.3 is 0 Å². The number of carbonyl (C=O) groups excluding carboxylic acids is 1. The predicted molar refractivity (Wildman–Crippen MR) is 63.7 cm³/mol. The fourth-order valence-corrected chi connectivity index (χ4v) is 1.70. The van der Waals surface area contributed by atoms with Crippen LogP contribution in [0.4, 0.5) is 0 Å². The van der Waals surface area contributed by atoms with E-state index in [1.54, 1.807) is 0 Å². The smallest absolute Gasteiger partial charge is 0.239 e. The molecule has 4 nitrogen and oxygen atoms in total. The monoisotopic (exact) mass is 215 g/mol. The second-order valence-electron chi connectivity index (χ2n) is 4.25. The van der Waals surface area contributed by atoms with Gasteiger partial charge in [-0.3, -0.25) is 4.79 Å². The van der Waals surface area contributed by atoms with Gasteiger partial charge in [0.15, 0.2) is 0 Å². The lowest BCUT2D eigenvalue weighted by atomic mass is 10.1. The molecule has 0 rings (SSSR count). The Morgan fingerprint density at radius 2 is 1.87 bits per heavy atom. The van der Waals surface area contributed by atoms with Crippen molar-refractivity contribution in [2.75, 3.05) is 27.2 Å². The Labute approximate surface area is 93.4 Å². The van der Waals surface area contributed by atoms with Crippen LogP contribution in [0.1, 0.15) is 27.2 Å². The fourth-order valence-electron chi connectivity index (χ4n) is 1.70. The molecule has 2 N–H and O–H groups in total. The number of carbonyl (C=O) groups is 1. The number of rotatable bonds is 6. The zero-order valence-electron chi connectivity index (χ0n) is 10.7. The Balaban J connectivity index is 4.40. The number of hydrogen-bond donors (Lipinski definition) is 1. The number of hydrogen-bond acceptors (Lipinski definition) is 3. The first-order chi connectivity index (χ1) is 6.93. The molecule has 15 heavy (non-hydrogen) atoms. The van der Waals surface area contributed by atoms with Crippen molar-refractivity contribution in [2.45, 2.75) is 39.3 Å². The molecule has 0 saturated heterocycles. The molecule has 0 saturated carbocycles. The molecule has 0 aromatic heterocycles. The van der Waals surface area contributed by atoms with Crippen molar-refractivity contribution < 1.29 is 4.79 Å². The molecule has 90 valence electrons. The standard InChI is InChI=1S/C11H25N3O/c1-6-10(12)11(15)14(7-2)9(3)8-13(4)5/h9-10H,6-8,12H2,1-5H3/t9?,10-/m1/s1. The third kappa shape index (κ3) is 4.62. The molecule has 0 aliphatic carbocycles. The molecule has 0 radical (unpaired) electrons. The highest BCUT2D eigenvalue weighted by Crippen LogP contribution is 2.04. The summed E-state index contributed by atoms with van der Waals surface area (Å²) >= 11 is 0. The van der Waals surface area contributed by atoms with Gasteiger partial charge in [-0.15, -0.1) is 0 Å². The molecule has 0 aliphatic heterocycles. The third-order valence-corrected chi connectivity index (χ3v) is 2.54. The molecule has 0 aliphatic rings. The fraction of sp³-hybridized carbons (Fsp3) is 0.909. The van der Waals surface area contributed by atoms with Gasteiger partial charge in [0.05, 0.1) is 6.04 Å². The highest BCUT2D eigenvalue weighted by Gasteiger charge is 2.22. The second kappa shape index (κ2) is 6.80. The van der Waals surface area contributed by atoms with Gasteiger partial charge in [-0.2, -0.15) is 0 Å². The average Bonchev–Trinajstić information content (AvgIpc) is 2.16. The Morgan fingerprint density at radius 1 is 1.33 bits per heavy atom. The van der Waals surface area contributed by atoms with Gasteiger partial charge in [-0.1, -0.05) is 6.92 Å². The van der Waals surface area contributed by atoms with E-state index in [-0.39, 0.29) is 18.0 Å². The molecule has 2 atom stereocenters. The van der Waals surface area contributed by atoms with Crippen LogP contribution in [0.2, 0.25) is 0 Å². The lowest BCUT2D eigenvalue weighted by Gasteiger charge is -2.31. The summed E-state index contributed by atoms with van der Waals surface area (Å²) in [7, 11) is 4.02. The zero-order valence-corrected chi connectivity index (χ0v) is 10.7. The Bertz CT molecular complexity index is 194. The van der Waals surface area contributed by atoms with Gasteiger partial charge in [-0.25, -0.2) is 0 Å². The lowest BCUT2D eigenvalue weighted by molar-refractivity contribution is -0.134. The van der Waals surface area contributed by atoms with Crippen molar-refractivity contribution in [2.24, 2.45) is 5.73 Å². The Kier molecular flexibility index (Phi) is 6.52. The van der Waals surface area contributed by atoms with E-state index in [2.05, 4.69) is 11.8 Å². The summed E-state index contributed by atoms with van der Waals surface area (Å²) in [6.45, 7) is 7.58. The quantitative estimate of drug-likeness (QED) is 0.703. The number of likely N-dealkylation sites (N-methyl/N-ethyl adjacent to an activating group) is 2. The van der Waals surface area contributed by atoms with E-state index < -0.39 is 0 Å². The Morgan fingerprint density at radius 3 is 2.20 bits per heavy atom. The van der Waals surface area contributed by atoms with Crippen molar-refractivity contribution in [1.29, 1.82) is 0 Å². The van der Waals surface area contributed by atoms with E-state index in [1.165, 1.54) is 0 Å². The van der Waals surface area contributed by atoms with Gasteiger partial charge in [0, 0.05) is 19.1 Å². The summed E-state index contributed by atoms with van der Waals surface area (Å²) in [5.41, 5.74) is 5.76. The molecule has 0 bridgehead atoms. The number of nitrogens with two attached hydrogens (primary N) is 1. The summed E-state index contributed by atoms with van der Waals surface area (Å²) in [6.07, 6.45) is 0.698. The maximum absolute atomic E-state index is 11.9. The van der Waals surface area contributed by atoms with Crippen molar-refractivity contribution in [3.8, 4) is 0 Å². The zero-order chi connectivity index (χ0) is 12.0. The van der Waals surface area contributed by atoms with Gasteiger partial charge in [-0.05, 0) is 34.4 Å². The van der Waals surface area contributed by atoms with Crippen LogP contribution in [-0.4, -0.2) is 55.0 Å². The molecule has 0 aromatic carbocycles. The van der Waals surface area contributed by atoms with Gasteiger partial charge in [0.25, 0.3) is 0 Å². The second-order valence-corrected chi connectivity index (χ2v) is 4.25. The number of nitrogens with zero attached hydrogens (tertiary/aromatic N) is 2. The number of amides is 1. The van der Waals surface area contributed by atoms with E-state index in [0.29, 0.717) is 6.42 Å². The van der Waals surface area contributed by atoms with Gasteiger partial charge in [0.2, 0.25) is 5.91 Å². The van der Waals surface area contributed by atoms with Gasteiger partial charge < -0.3 is 15.5 Å². The summed E-state index contributed by atoms with van der Waals surface area (Å²) < 4.78 is 0. The maximum atomic E-state index is 11.9. The van der Waals surface area contributed by atoms with Crippen molar-refractivity contribution in [1.82, 2.24) is 9.80 Å². The minimum absolute atomic E-state index is 0.0642. The highest BCUT2D eigenvalue weighted by atomic mass is 16.2. The summed E-state index contributed by atoms with van der Waals surface area (Å²) in [5.74, 6) is 0.0642. The molecule has 1 unspecified atom stereocenters. The minimum atomic E-state index is -0.352. The van der Waals surface area contributed by atoms with Crippen molar-refractivity contribution >= 4 is 5.91 Å². The molecule has 1 amide bonds. The van der Waals surface area contributed by atoms with Crippen LogP contribution in [0.3, 0.4) is 0 Å². The van der Waals surface area contributed by atoms with E-state index in [9.17, 15) is 4.79 Å². The molecular formula is C11H25N3O. The average molecular weight is 215 g/mol. The van der Waals surface area contributed by atoms with Crippen molar-refractivity contribution in [3.05, 3.63) is 0 Å². The first kappa shape index (κ1) is 14.4. The first-order valence-electron chi connectivity index (χ1n) is 5.64. The van der Waals surface area contributed by atoms with Crippen LogP contribution in [0.15, 0.2) is 0 Å². The molecule has 4 heteroatoms. The molecule has 0 heterocycles. The van der Waals surface area contributed by atoms with E-state index in [1.807, 2.05) is 32.8 Å². The maximum Gasteiger partial charge on any atom is 0.239 e. The van der Waals surface area contributed by atoms with Crippen LogP contribution >= 0.6 is 0 Å². The third-order valence-electron chi connectivity index (χ3n) is 2.54. The summed E-state index contributed by atoms with van der Waals surface area (Å²) in [5, 5.41) is 0. The van der Waals surface area contributed by atoms with Crippen LogP contribution in [0.5, 0.6) is 0 Å². The molecule has 0 fully saturated rings. The minimum Gasteiger partial charge on any atom is -0.338 e. The van der Waals surface area contributed by atoms with Crippen LogP contribution in [0.25, 0.3) is 0 Å². The van der Waals surface area contributed by atoms with Crippen molar-refractivity contribution in [3.63, 3.8) is 0 Å². The topological polar surface area (TPSA) is 49.6 Å². The summed E-state index contributed by atoms with van der Waals surface area (Å²) in [6, 6.07) is -0.135. The first-order valence-corrected chi connectivity index (χ1v) is 5.64. The highest BCUT2D eigenvalue weighted by molar-refractivity contribution is 5.81. The van der Waals surface area contributed by atoms with Crippen LogP contribution in [0, 0.1) is 0 Å². The molecular weight excluding hydrogens is 190 g/mol. The predicted octanol–water partition coefficient (Wildman–Crippen LogP) is 0.522. The SMILES string of the molecule is CC[C@@H](N)C(=O)N(CC)C(C)CN(C)C. The lowest BCUT2D eigenvalue weighted by Crippen LogP contribution is -2.50. The Hall–Kier alpha value is -0.610. The van der Waals surface area contributed by atoms with E-state index >= 15 is 0 Å². The normalized spacial score (nSPS) is 15.1. The largest absolute Gasteiger partial charge is 0.338 e. The van der Waals surface area contributed by atoms with E-state index in [0.717, 1.165) is 13.1 Å². The van der Waals surface area contributed by atoms with Gasteiger partial charge in [0.1, 0.15) is 0 Å².